The molecule has 1 N–H and O–H groups in total. The van der Waals surface area contributed by atoms with Gasteiger partial charge in [0.2, 0.25) is 0 Å². The van der Waals surface area contributed by atoms with Gasteiger partial charge in [-0.2, -0.15) is 0 Å². The molecule has 0 spiro atoms. The van der Waals surface area contributed by atoms with Gasteiger partial charge in [-0.05, 0) is 36.4 Å². The molecule has 0 fully saturated rings. The Morgan fingerprint density at radius 3 is 2.57 bits per heavy atom. The van der Waals surface area contributed by atoms with Crippen LogP contribution in [0.3, 0.4) is 0 Å². The molecule has 3 aromatic rings. The van der Waals surface area contributed by atoms with E-state index in [4.69, 9.17) is 0 Å². The summed E-state index contributed by atoms with van der Waals surface area (Å²) in [5.41, 5.74) is 2.64. The van der Waals surface area contributed by atoms with Crippen LogP contribution in [-0.4, -0.2) is 9.91 Å². The van der Waals surface area contributed by atoms with Crippen LogP contribution in [0.5, 0.6) is 0 Å². The zero-order valence-electron chi connectivity index (χ0n) is 10.8. The molecule has 0 unspecified atom stereocenters. The van der Waals surface area contributed by atoms with E-state index in [0.717, 1.165) is 26.8 Å². The summed E-state index contributed by atoms with van der Waals surface area (Å²) in [5, 5.41) is 14.9. The highest BCUT2D eigenvalue weighted by Crippen LogP contribution is 2.27. The van der Waals surface area contributed by atoms with Crippen molar-refractivity contribution in [3.05, 3.63) is 69.3 Å². The van der Waals surface area contributed by atoms with Crippen molar-refractivity contribution in [1.29, 1.82) is 0 Å². The molecule has 104 valence electrons. The molecule has 0 amide bonds. The Labute approximate surface area is 128 Å². The first kappa shape index (κ1) is 13.5. The molecule has 1 aromatic heterocycles. The number of benzene rings is 2. The van der Waals surface area contributed by atoms with Gasteiger partial charge in [-0.25, -0.2) is 0 Å². The van der Waals surface area contributed by atoms with Crippen molar-refractivity contribution in [2.24, 2.45) is 0 Å². The van der Waals surface area contributed by atoms with Crippen molar-refractivity contribution in [3.63, 3.8) is 0 Å². The molecule has 1 heterocycles. The van der Waals surface area contributed by atoms with Crippen LogP contribution in [0.25, 0.3) is 10.9 Å². The fourth-order valence-electron chi connectivity index (χ4n) is 2.05. The molecule has 6 heteroatoms. The SMILES string of the molecule is O=[N+]([O-])c1ccc(Nc2ccnc3cc(Br)ccc23)cc1. The fourth-order valence-corrected chi connectivity index (χ4v) is 2.40. The van der Waals surface area contributed by atoms with Gasteiger partial charge < -0.3 is 5.32 Å². The number of hydrogen-bond donors (Lipinski definition) is 1. The Morgan fingerprint density at radius 1 is 1.10 bits per heavy atom. The summed E-state index contributed by atoms with van der Waals surface area (Å²) in [6.07, 6.45) is 1.72. The first-order valence-electron chi connectivity index (χ1n) is 6.19. The van der Waals surface area contributed by atoms with E-state index in [1.165, 1.54) is 12.1 Å². The lowest BCUT2D eigenvalue weighted by Gasteiger charge is -2.09. The van der Waals surface area contributed by atoms with Crippen LogP contribution in [0.15, 0.2) is 59.2 Å². The molecular weight excluding hydrogens is 334 g/mol. The molecule has 0 radical (unpaired) electrons. The summed E-state index contributed by atoms with van der Waals surface area (Å²) in [6.45, 7) is 0. The standard InChI is InChI=1S/C15H10BrN3O2/c16-10-1-6-13-14(7-8-17-15(13)9-10)18-11-2-4-12(5-3-11)19(20)21/h1-9H,(H,17,18). The quantitative estimate of drug-likeness (QED) is 0.555. The summed E-state index contributed by atoms with van der Waals surface area (Å²) in [6, 6.07) is 14.1. The molecule has 0 atom stereocenters. The molecule has 5 nitrogen and oxygen atoms in total. The molecule has 0 bridgehead atoms. The Kier molecular flexibility index (Phi) is 3.53. The van der Waals surface area contributed by atoms with Crippen molar-refractivity contribution in [2.45, 2.75) is 0 Å². The zero-order valence-corrected chi connectivity index (χ0v) is 12.4. The van der Waals surface area contributed by atoms with Crippen molar-refractivity contribution >= 4 is 43.9 Å². The van der Waals surface area contributed by atoms with Gasteiger partial charge in [0.1, 0.15) is 0 Å². The number of nitrogens with zero attached hydrogens (tertiary/aromatic N) is 2. The minimum atomic E-state index is -0.414. The predicted molar refractivity (Wildman–Crippen MR) is 85.8 cm³/mol. The largest absolute Gasteiger partial charge is 0.355 e. The second kappa shape index (κ2) is 5.49. The van der Waals surface area contributed by atoms with Crippen molar-refractivity contribution in [2.75, 3.05) is 5.32 Å². The summed E-state index contributed by atoms with van der Waals surface area (Å²) in [5.74, 6) is 0. The van der Waals surface area contributed by atoms with E-state index in [1.807, 2.05) is 24.3 Å². The highest BCUT2D eigenvalue weighted by Gasteiger charge is 2.06. The number of non-ortho nitro benzene ring substituents is 1. The maximum absolute atomic E-state index is 10.6. The number of fused-ring (bicyclic) bond motifs is 1. The van der Waals surface area contributed by atoms with Gasteiger partial charge in [-0.15, -0.1) is 0 Å². The summed E-state index contributed by atoms with van der Waals surface area (Å²) < 4.78 is 0.968. The van der Waals surface area contributed by atoms with Crippen molar-refractivity contribution < 1.29 is 4.92 Å². The molecule has 3 rings (SSSR count). The molecule has 2 aromatic carbocycles. The van der Waals surface area contributed by atoms with E-state index < -0.39 is 4.92 Å². The van der Waals surface area contributed by atoms with E-state index in [0.29, 0.717) is 0 Å². The van der Waals surface area contributed by atoms with E-state index in [-0.39, 0.29) is 5.69 Å². The molecule has 0 aliphatic carbocycles. The molecule has 21 heavy (non-hydrogen) atoms. The van der Waals surface area contributed by atoms with Crippen LogP contribution in [0.1, 0.15) is 0 Å². The normalized spacial score (nSPS) is 10.5. The summed E-state index contributed by atoms with van der Waals surface area (Å²) >= 11 is 3.42. The van der Waals surface area contributed by atoms with Gasteiger partial charge in [0.15, 0.2) is 0 Å². The highest BCUT2D eigenvalue weighted by atomic mass is 79.9. The summed E-state index contributed by atoms with van der Waals surface area (Å²) in [4.78, 5) is 14.6. The lowest BCUT2D eigenvalue weighted by molar-refractivity contribution is -0.384. The average molecular weight is 344 g/mol. The van der Waals surface area contributed by atoms with Gasteiger partial charge in [0.05, 0.1) is 10.4 Å². The monoisotopic (exact) mass is 343 g/mol. The van der Waals surface area contributed by atoms with E-state index >= 15 is 0 Å². The Bertz CT molecular complexity index is 819. The van der Waals surface area contributed by atoms with Gasteiger partial charge in [0.25, 0.3) is 5.69 Å². The topological polar surface area (TPSA) is 68.1 Å². The van der Waals surface area contributed by atoms with Crippen LogP contribution in [0.4, 0.5) is 17.1 Å². The van der Waals surface area contributed by atoms with Crippen LogP contribution in [-0.2, 0) is 0 Å². The second-order valence-electron chi connectivity index (χ2n) is 4.45. The van der Waals surface area contributed by atoms with E-state index in [2.05, 4.69) is 26.2 Å². The number of nitrogens with one attached hydrogen (secondary N) is 1. The van der Waals surface area contributed by atoms with Gasteiger partial charge in [0, 0.05) is 39.6 Å². The Hall–Kier alpha value is -2.47. The second-order valence-corrected chi connectivity index (χ2v) is 5.36. The van der Waals surface area contributed by atoms with Gasteiger partial charge >= 0.3 is 0 Å². The van der Waals surface area contributed by atoms with Crippen LogP contribution in [0, 0.1) is 10.1 Å². The average Bonchev–Trinajstić information content (AvgIpc) is 2.47. The number of nitro benzene ring substituents is 1. The molecule has 0 aliphatic heterocycles. The smallest absolute Gasteiger partial charge is 0.269 e. The predicted octanol–water partition coefficient (Wildman–Crippen LogP) is 4.65. The van der Waals surface area contributed by atoms with E-state index in [1.54, 1.807) is 18.3 Å². The van der Waals surface area contributed by atoms with E-state index in [9.17, 15) is 10.1 Å². The zero-order chi connectivity index (χ0) is 14.8. The van der Waals surface area contributed by atoms with Crippen LogP contribution >= 0.6 is 15.9 Å². The van der Waals surface area contributed by atoms with Gasteiger partial charge in [-0.1, -0.05) is 15.9 Å². The first-order valence-corrected chi connectivity index (χ1v) is 6.98. The van der Waals surface area contributed by atoms with Crippen LogP contribution < -0.4 is 5.32 Å². The van der Waals surface area contributed by atoms with Gasteiger partial charge in [-0.3, -0.25) is 15.1 Å². The number of halogens is 1. The number of anilines is 2. The molecule has 0 saturated carbocycles. The lowest BCUT2D eigenvalue weighted by atomic mass is 10.2. The van der Waals surface area contributed by atoms with Crippen molar-refractivity contribution in [3.8, 4) is 0 Å². The first-order chi connectivity index (χ1) is 10.1. The molecule has 0 saturated heterocycles. The molecular formula is C15H10BrN3O2. The Balaban J connectivity index is 1.96. The minimum Gasteiger partial charge on any atom is -0.355 e. The third-order valence-corrected chi connectivity index (χ3v) is 3.56. The summed E-state index contributed by atoms with van der Waals surface area (Å²) in [7, 11) is 0. The lowest BCUT2D eigenvalue weighted by Crippen LogP contribution is -1.93. The Morgan fingerprint density at radius 2 is 1.86 bits per heavy atom. The maximum atomic E-state index is 10.6. The third kappa shape index (κ3) is 2.85. The number of aromatic nitrogens is 1. The third-order valence-electron chi connectivity index (χ3n) is 3.06. The number of rotatable bonds is 3. The number of pyridine rings is 1. The highest BCUT2D eigenvalue weighted by molar-refractivity contribution is 9.10. The maximum Gasteiger partial charge on any atom is 0.269 e. The number of hydrogen-bond acceptors (Lipinski definition) is 4. The van der Waals surface area contributed by atoms with Crippen molar-refractivity contribution in [1.82, 2.24) is 4.98 Å². The van der Waals surface area contributed by atoms with Crippen LogP contribution in [0.2, 0.25) is 0 Å². The number of nitro groups is 1. The molecule has 0 aliphatic rings. The fraction of sp³-hybridized carbons (Fsp3) is 0. The minimum absolute atomic E-state index is 0.0732.